The van der Waals surface area contributed by atoms with Crippen LogP contribution in [0.15, 0.2) is 85.1 Å². The van der Waals surface area contributed by atoms with Gasteiger partial charge in [-0.15, -0.1) is 0 Å². The molecular weight excluding hydrogens is 741 g/mol. The summed E-state index contributed by atoms with van der Waals surface area (Å²) < 4.78 is 33.6. The van der Waals surface area contributed by atoms with E-state index in [1.54, 1.807) is 6.08 Å². The number of ketones is 1. The highest BCUT2D eigenvalue weighted by atomic mass is 31.2. The second kappa shape index (κ2) is 37.2. The molecule has 0 aliphatic carbocycles. The van der Waals surface area contributed by atoms with Crippen LogP contribution in [0, 0.1) is 0 Å². The number of nitrogens with zero attached hydrogens (tertiary/aromatic N) is 1. The number of carbonyl (C=O) groups is 3. The van der Waals surface area contributed by atoms with Crippen LogP contribution >= 0.6 is 7.82 Å². The van der Waals surface area contributed by atoms with Crippen molar-refractivity contribution in [3.8, 4) is 0 Å². The van der Waals surface area contributed by atoms with Crippen LogP contribution in [-0.2, 0) is 37.5 Å². The first-order valence-corrected chi connectivity index (χ1v) is 22.7. The zero-order valence-corrected chi connectivity index (χ0v) is 36.9. The molecule has 2 atom stereocenters. The first kappa shape index (κ1) is 53.9. The third-order valence-corrected chi connectivity index (χ3v) is 9.34. The van der Waals surface area contributed by atoms with Crippen molar-refractivity contribution in [1.82, 2.24) is 0 Å². The Kier molecular flexibility index (Phi) is 35.1. The lowest BCUT2D eigenvalue weighted by atomic mass is 10.1. The van der Waals surface area contributed by atoms with Crippen LogP contribution in [0.1, 0.15) is 136 Å². The van der Waals surface area contributed by atoms with Gasteiger partial charge in [0, 0.05) is 19.3 Å². The van der Waals surface area contributed by atoms with E-state index in [2.05, 4.69) is 74.6 Å². The molecule has 0 saturated carbocycles. The number of quaternary nitrogens is 1. The quantitative estimate of drug-likeness (QED) is 0.0114. The van der Waals surface area contributed by atoms with Gasteiger partial charge in [-0.05, 0) is 76.7 Å². The van der Waals surface area contributed by atoms with Crippen molar-refractivity contribution >= 4 is 25.5 Å². The summed E-state index contributed by atoms with van der Waals surface area (Å²) in [6, 6.07) is 0. The summed E-state index contributed by atoms with van der Waals surface area (Å²) >= 11 is 0. The molecule has 0 amide bonds. The van der Waals surface area contributed by atoms with Crippen molar-refractivity contribution in [3.63, 3.8) is 0 Å². The molecule has 0 aromatic carbocycles. The van der Waals surface area contributed by atoms with Crippen molar-refractivity contribution in [1.29, 1.82) is 0 Å². The van der Waals surface area contributed by atoms with Gasteiger partial charge < -0.3 is 27.9 Å². The zero-order valence-electron chi connectivity index (χ0n) is 36.0. The first-order chi connectivity index (χ1) is 27.4. The van der Waals surface area contributed by atoms with E-state index in [0.29, 0.717) is 17.4 Å². The molecule has 0 bridgehead atoms. The fourth-order valence-electron chi connectivity index (χ4n) is 5.03. The van der Waals surface area contributed by atoms with E-state index in [9.17, 15) is 23.8 Å². The third kappa shape index (κ3) is 40.8. The minimum atomic E-state index is -4.69. The Labute approximate surface area is 346 Å². The minimum Gasteiger partial charge on any atom is -0.756 e. The third-order valence-electron chi connectivity index (χ3n) is 8.38. The molecule has 0 spiro atoms. The number of unbranched alkanes of at least 4 members (excludes halogenated alkanes) is 8. The lowest BCUT2D eigenvalue weighted by Gasteiger charge is -2.28. The largest absolute Gasteiger partial charge is 0.756 e. The number of hydrogen-bond acceptors (Lipinski definition) is 9. The molecule has 10 nitrogen and oxygen atoms in total. The molecule has 0 fully saturated rings. The van der Waals surface area contributed by atoms with E-state index in [4.69, 9.17) is 18.5 Å². The Balaban J connectivity index is 4.62. The van der Waals surface area contributed by atoms with Crippen LogP contribution in [0.5, 0.6) is 0 Å². The van der Waals surface area contributed by atoms with Gasteiger partial charge in [0.25, 0.3) is 7.82 Å². The zero-order chi connectivity index (χ0) is 42.3. The van der Waals surface area contributed by atoms with Crippen LogP contribution in [0.25, 0.3) is 0 Å². The van der Waals surface area contributed by atoms with Gasteiger partial charge in [0.05, 0.1) is 27.7 Å². The molecule has 0 aromatic heterocycles. The minimum absolute atomic E-state index is 0.0211. The Morgan fingerprint density at radius 1 is 0.614 bits per heavy atom. The summed E-state index contributed by atoms with van der Waals surface area (Å²) in [5, 5.41) is 0. The number of phosphoric acid groups is 1. The van der Waals surface area contributed by atoms with Crippen LogP contribution in [-0.4, -0.2) is 75.8 Å². The molecule has 0 aliphatic heterocycles. The van der Waals surface area contributed by atoms with Crippen molar-refractivity contribution < 1.29 is 46.8 Å². The number of hydrogen-bond donors (Lipinski definition) is 0. The maximum atomic E-state index is 12.6. The highest BCUT2D eigenvalue weighted by molar-refractivity contribution is 7.45. The number of ether oxygens (including phenoxy) is 2. The van der Waals surface area contributed by atoms with E-state index in [-0.39, 0.29) is 44.7 Å². The highest BCUT2D eigenvalue weighted by Gasteiger charge is 2.21. The monoisotopic (exact) mass is 818 g/mol. The summed E-state index contributed by atoms with van der Waals surface area (Å²) in [5.41, 5.74) is 0. The summed E-state index contributed by atoms with van der Waals surface area (Å²) in [6.45, 7) is 3.75. The van der Waals surface area contributed by atoms with E-state index < -0.39 is 32.5 Å². The van der Waals surface area contributed by atoms with Crippen molar-refractivity contribution in [2.45, 2.75) is 142 Å². The Morgan fingerprint density at radius 2 is 1.18 bits per heavy atom. The Morgan fingerprint density at radius 3 is 1.81 bits per heavy atom. The number of likely N-dealkylation sites (N-methyl/N-ethyl adjacent to an activating group) is 1. The molecule has 0 N–H and O–H groups in total. The topological polar surface area (TPSA) is 128 Å². The van der Waals surface area contributed by atoms with E-state index in [1.165, 1.54) is 25.3 Å². The van der Waals surface area contributed by atoms with Gasteiger partial charge in [0.2, 0.25) is 0 Å². The van der Waals surface area contributed by atoms with Crippen molar-refractivity contribution in [2.75, 3.05) is 47.5 Å². The molecule has 0 radical (unpaired) electrons. The predicted molar refractivity (Wildman–Crippen MR) is 231 cm³/mol. The molecule has 0 heterocycles. The fourth-order valence-corrected chi connectivity index (χ4v) is 5.76. The van der Waals surface area contributed by atoms with E-state index in [1.807, 2.05) is 33.3 Å². The predicted octanol–water partition coefficient (Wildman–Crippen LogP) is 10.6. The molecule has 324 valence electrons. The van der Waals surface area contributed by atoms with Gasteiger partial charge in [-0.3, -0.25) is 18.9 Å². The van der Waals surface area contributed by atoms with E-state index in [0.717, 1.165) is 70.6 Å². The van der Waals surface area contributed by atoms with Crippen LogP contribution in [0.2, 0.25) is 0 Å². The number of carbonyl (C=O) groups excluding carboxylic acids is 3. The molecule has 57 heavy (non-hydrogen) atoms. The van der Waals surface area contributed by atoms with Gasteiger partial charge in [-0.1, -0.05) is 125 Å². The summed E-state index contributed by atoms with van der Waals surface area (Å²) in [7, 11) is 1.01. The molecule has 1 unspecified atom stereocenters. The smallest absolute Gasteiger partial charge is 0.306 e. The average Bonchev–Trinajstić information content (AvgIpc) is 3.15. The number of phosphoric ester groups is 1. The van der Waals surface area contributed by atoms with Gasteiger partial charge in [0.1, 0.15) is 19.8 Å². The molecule has 0 aromatic rings. The van der Waals surface area contributed by atoms with E-state index >= 15 is 0 Å². The van der Waals surface area contributed by atoms with Crippen LogP contribution in [0.3, 0.4) is 0 Å². The average molecular weight is 818 g/mol. The number of allylic oxidation sites excluding steroid dienone is 14. The highest BCUT2D eigenvalue weighted by Crippen LogP contribution is 2.38. The molecule has 0 saturated heterocycles. The molecule has 11 heteroatoms. The summed E-state index contributed by atoms with van der Waals surface area (Å²) in [6.07, 6.45) is 43.3. The van der Waals surface area contributed by atoms with Crippen LogP contribution in [0.4, 0.5) is 0 Å². The summed E-state index contributed by atoms with van der Waals surface area (Å²) in [5.74, 6) is -1.23. The lowest BCUT2D eigenvalue weighted by molar-refractivity contribution is -0.870. The van der Waals surface area contributed by atoms with Crippen molar-refractivity contribution in [3.05, 3.63) is 85.1 Å². The standard InChI is InChI=1S/C46H76NO9P/c1-6-8-10-12-14-16-18-20-21-23-25-27-29-31-33-37-46(50)56-44(42-55-57(51,52)54-40-39-47(3,4)5)41-53-45(49)38-34-36-43(48)35-32-30-28-26-24-22-19-17-15-13-11-9-7-2/h8,10,14-17,20-22,24,28,30,32,35,44H,6-7,9,11-13,18-19,23,25-27,29,31,33-34,36-42H2,1-5H3/b10-8-,16-14-,17-15-,21-20-,24-22-,30-28-,35-32+/t44-/m1/s1. The Bertz CT molecular complexity index is 1310. The SMILES string of the molecule is CC/C=C\C/C=C\C/C=C\CCCCCCCC(=O)O[C@H](COC(=O)CCCC(=O)/C=C/C=C\C/C=C\C/C=C\CCCCC)COP(=O)([O-])OCC[N+](C)(C)C. The van der Waals surface area contributed by atoms with Crippen LogP contribution < -0.4 is 4.89 Å². The molecular formula is C46H76NO9P. The number of rotatable bonds is 37. The van der Waals surface area contributed by atoms with Gasteiger partial charge in [0.15, 0.2) is 11.9 Å². The summed E-state index contributed by atoms with van der Waals surface area (Å²) in [4.78, 5) is 49.7. The first-order valence-electron chi connectivity index (χ1n) is 21.2. The maximum absolute atomic E-state index is 12.6. The van der Waals surface area contributed by atoms with Gasteiger partial charge in [-0.25, -0.2) is 0 Å². The number of esters is 2. The second-order valence-corrected chi connectivity index (χ2v) is 16.4. The fraction of sp³-hybridized carbons (Fsp3) is 0.630. The van der Waals surface area contributed by atoms with Crippen molar-refractivity contribution in [2.24, 2.45) is 0 Å². The molecule has 0 aliphatic rings. The van der Waals surface area contributed by atoms with Gasteiger partial charge in [-0.2, -0.15) is 0 Å². The Hall–Kier alpha value is -3.14. The second-order valence-electron chi connectivity index (χ2n) is 15.0. The maximum Gasteiger partial charge on any atom is 0.306 e. The molecule has 0 rings (SSSR count). The van der Waals surface area contributed by atoms with Gasteiger partial charge >= 0.3 is 11.9 Å². The normalized spacial score (nSPS) is 14.4. The lowest BCUT2D eigenvalue weighted by Crippen LogP contribution is -2.37.